The van der Waals surface area contributed by atoms with Crippen molar-refractivity contribution < 1.29 is 14.7 Å². The zero-order chi connectivity index (χ0) is 13.8. The molecule has 0 atom stereocenters. The Balaban J connectivity index is 2.41. The molecule has 18 heavy (non-hydrogen) atoms. The van der Waals surface area contributed by atoms with E-state index in [1.165, 1.54) is 0 Å². The number of likely N-dealkylation sites (tertiary alicyclic amines) is 1. The van der Waals surface area contributed by atoms with Gasteiger partial charge in [0.2, 0.25) is 11.8 Å². The first-order chi connectivity index (χ1) is 8.36. The summed E-state index contributed by atoms with van der Waals surface area (Å²) in [4.78, 5) is 25.6. The molecule has 2 N–H and O–H groups in total. The topological polar surface area (TPSA) is 69.6 Å². The lowest BCUT2D eigenvalue weighted by Crippen LogP contribution is -2.46. The predicted molar refractivity (Wildman–Crippen MR) is 68.9 cm³/mol. The van der Waals surface area contributed by atoms with Crippen molar-refractivity contribution >= 4 is 11.8 Å². The number of piperidine rings is 1. The zero-order valence-corrected chi connectivity index (χ0v) is 11.5. The third-order valence-corrected chi connectivity index (χ3v) is 3.21. The highest BCUT2D eigenvalue weighted by Gasteiger charge is 2.32. The highest BCUT2D eigenvalue weighted by atomic mass is 16.3. The summed E-state index contributed by atoms with van der Waals surface area (Å²) < 4.78 is 0. The average molecular weight is 256 g/mol. The van der Waals surface area contributed by atoms with Gasteiger partial charge in [0.1, 0.15) is 0 Å². The Hall–Kier alpha value is -1.10. The van der Waals surface area contributed by atoms with Crippen LogP contribution in [0.15, 0.2) is 0 Å². The van der Waals surface area contributed by atoms with Crippen molar-refractivity contribution in [1.29, 1.82) is 0 Å². The van der Waals surface area contributed by atoms with Crippen LogP contribution in [0.5, 0.6) is 0 Å². The van der Waals surface area contributed by atoms with E-state index in [9.17, 15) is 9.59 Å². The van der Waals surface area contributed by atoms with Gasteiger partial charge in [-0.2, -0.15) is 0 Å². The molecule has 0 aromatic carbocycles. The normalized spacial score (nSPS) is 17.7. The van der Waals surface area contributed by atoms with E-state index < -0.39 is 0 Å². The molecular formula is C13H24N2O3. The number of amides is 2. The number of hydrogen-bond acceptors (Lipinski definition) is 3. The van der Waals surface area contributed by atoms with Gasteiger partial charge < -0.3 is 15.3 Å². The van der Waals surface area contributed by atoms with E-state index in [1.54, 1.807) is 0 Å². The van der Waals surface area contributed by atoms with E-state index in [-0.39, 0.29) is 29.8 Å². The van der Waals surface area contributed by atoms with Gasteiger partial charge in [-0.15, -0.1) is 0 Å². The summed E-state index contributed by atoms with van der Waals surface area (Å²) in [5, 5.41) is 11.3. The van der Waals surface area contributed by atoms with Crippen LogP contribution in [-0.2, 0) is 9.59 Å². The molecule has 1 saturated heterocycles. The smallest absolute Gasteiger partial charge is 0.227 e. The molecule has 0 bridgehead atoms. The summed E-state index contributed by atoms with van der Waals surface area (Å²) in [7, 11) is 0. The van der Waals surface area contributed by atoms with Crippen molar-refractivity contribution in [3.63, 3.8) is 0 Å². The van der Waals surface area contributed by atoms with Crippen molar-refractivity contribution in [2.24, 2.45) is 11.3 Å². The molecule has 1 fully saturated rings. The molecular weight excluding hydrogens is 232 g/mol. The van der Waals surface area contributed by atoms with Crippen molar-refractivity contribution in [3.05, 3.63) is 0 Å². The molecule has 1 heterocycles. The maximum Gasteiger partial charge on any atom is 0.227 e. The number of aliphatic hydroxyl groups excluding tert-OH is 1. The van der Waals surface area contributed by atoms with Gasteiger partial charge in [0.05, 0.1) is 6.61 Å². The second kappa shape index (κ2) is 6.18. The van der Waals surface area contributed by atoms with Gasteiger partial charge in [-0.1, -0.05) is 20.8 Å². The number of nitrogens with zero attached hydrogens (tertiary/aromatic N) is 1. The Morgan fingerprint density at radius 1 is 1.28 bits per heavy atom. The van der Waals surface area contributed by atoms with Crippen LogP contribution in [0.4, 0.5) is 0 Å². The number of hydrogen-bond donors (Lipinski definition) is 2. The van der Waals surface area contributed by atoms with Crippen molar-refractivity contribution in [3.8, 4) is 0 Å². The SMILES string of the molecule is CC(C)(C)C(=O)N1CCC(C(=O)NCCO)CC1. The molecule has 0 saturated carbocycles. The molecule has 0 unspecified atom stereocenters. The highest BCUT2D eigenvalue weighted by Crippen LogP contribution is 2.23. The van der Waals surface area contributed by atoms with Crippen LogP contribution < -0.4 is 5.32 Å². The Morgan fingerprint density at radius 2 is 1.83 bits per heavy atom. The maximum atomic E-state index is 12.1. The largest absolute Gasteiger partial charge is 0.395 e. The molecule has 1 rings (SSSR count). The van der Waals surface area contributed by atoms with Crippen LogP contribution in [-0.4, -0.2) is 48.1 Å². The fraction of sp³-hybridized carbons (Fsp3) is 0.846. The summed E-state index contributed by atoms with van der Waals surface area (Å²) in [5.41, 5.74) is -0.355. The minimum atomic E-state index is -0.355. The Kier molecular flexibility index (Phi) is 5.14. The van der Waals surface area contributed by atoms with Gasteiger partial charge >= 0.3 is 0 Å². The standard InChI is InChI=1S/C13H24N2O3/c1-13(2,3)12(18)15-7-4-10(5-8-15)11(17)14-6-9-16/h10,16H,4-9H2,1-3H3,(H,14,17). The van der Waals surface area contributed by atoms with Crippen LogP contribution in [0, 0.1) is 11.3 Å². The van der Waals surface area contributed by atoms with Crippen LogP contribution in [0.3, 0.4) is 0 Å². The van der Waals surface area contributed by atoms with Crippen LogP contribution >= 0.6 is 0 Å². The van der Waals surface area contributed by atoms with Crippen LogP contribution in [0.25, 0.3) is 0 Å². The van der Waals surface area contributed by atoms with Gasteiger partial charge in [0, 0.05) is 31.0 Å². The molecule has 1 aliphatic heterocycles. The van der Waals surface area contributed by atoms with Crippen LogP contribution in [0.1, 0.15) is 33.6 Å². The Labute approximate surface area is 109 Å². The first-order valence-corrected chi connectivity index (χ1v) is 6.54. The zero-order valence-electron chi connectivity index (χ0n) is 11.5. The van der Waals surface area contributed by atoms with Gasteiger partial charge in [-0.3, -0.25) is 9.59 Å². The van der Waals surface area contributed by atoms with E-state index in [0.29, 0.717) is 32.5 Å². The molecule has 104 valence electrons. The maximum absolute atomic E-state index is 12.1. The molecule has 0 aromatic heterocycles. The van der Waals surface area contributed by atoms with Crippen molar-refractivity contribution in [1.82, 2.24) is 10.2 Å². The number of nitrogens with one attached hydrogen (secondary N) is 1. The van der Waals surface area contributed by atoms with Gasteiger partial charge in [-0.05, 0) is 12.8 Å². The lowest BCUT2D eigenvalue weighted by Gasteiger charge is -2.35. The minimum Gasteiger partial charge on any atom is -0.395 e. The molecule has 5 heteroatoms. The first-order valence-electron chi connectivity index (χ1n) is 6.54. The Morgan fingerprint density at radius 3 is 2.28 bits per heavy atom. The molecule has 0 aliphatic carbocycles. The van der Waals surface area contributed by atoms with Gasteiger partial charge in [-0.25, -0.2) is 0 Å². The number of carbonyl (C=O) groups excluding carboxylic acids is 2. The molecule has 0 radical (unpaired) electrons. The third kappa shape index (κ3) is 3.98. The molecule has 0 spiro atoms. The van der Waals surface area contributed by atoms with E-state index in [4.69, 9.17) is 5.11 Å². The second-order valence-electron chi connectivity index (χ2n) is 5.83. The van der Waals surface area contributed by atoms with E-state index >= 15 is 0 Å². The van der Waals surface area contributed by atoms with Gasteiger partial charge in [0.25, 0.3) is 0 Å². The highest BCUT2D eigenvalue weighted by molar-refractivity contribution is 5.82. The fourth-order valence-corrected chi connectivity index (χ4v) is 2.14. The van der Waals surface area contributed by atoms with Crippen molar-refractivity contribution in [2.75, 3.05) is 26.2 Å². The fourth-order valence-electron chi connectivity index (χ4n) is 2.14. The predicted octanol–water partition coefficient (Wildman–Crippen LogP) is 0.380. The quantitative estimate of drug-likeness (QED) is 0.767. The Bertz CT molecular complexity index is 302. The summed E-state index contributed by atoms with van der Waals surface area (Å²) >= 11 is 0. The van der Waals surface area contributed by atoms with Crippen LogP contribution in [0.2, 0.25) is 0 Å². The van der Waals surface area contributed by atoms with Gasteiger partial charge in [0.15, 0.2) is 0 Å². The van der Waals surface area contributed by atoms with E-state index in [1.807, 2.05) is 25.7 Å². The number of rotatable bonds is 3. The summed E-state index contributed by atoms with van der Waals surface area (Å²) in [6.45, 7) is 7.30. The summed E-state index contributed by atoms with van der Waals surface area (Å²) in [6, 6.07) is 0. The first kappa shape index (κ1) is 15.0. The molecule has 0 aromatic rings. The van der Waals surface area contributed by atoms with E-state index in [2.05, 4.69) is 5.32 Å². The molecule has 1 aliphatic rings. The number of aliphatic hydroxyl groups is 1. The minimum absolute atomic E-state index is 0.00749. The van der Waals surface area contributed by atoms with Crippen molar-refractivity contribution in [2.45, 2.75) is 33.6 Å². The molecule has 2 amide bonds. The lowest BCUT2D eigenvalue weighted by atomic mass is 9.91. The third-order valence-electron chi connectivity index (χ3n) is 3.21. The van der Waals surface area contributed by atoms with E-state index in [0.717, 1.165) is 0 Å². The average Bonchev–Trinajstić information content (AvgIpc) is 2.34. The second-order valence-corrected chi connectivity index (χ2v) is 5.83. The summed E-state index contributed by atoms with van der Waals surface area (Å²) in [6.07, 6.45) is 1.41. The molecule has 5 nitrogen and oxygen atoms in total. The number of carbonyl (C=O) groups is 2. The monoisotopic (exact) mass is 256 g/mol. The lowest BCUT2D eigenvalue weighted by molar-refractivity contribution is -0.142. The summed E-state index contributed by atoms with van der Waals surface area (Å²) in [5.74, 6) is 0.115.